The third-order valence-electron chi connectivity index (χ3n) is 3.80. The Hall–Kier alpha value is -0.860. The maximum absolute atomic E-state index is 10.8. The zero-order chi connectivity index (χ0) is 11.8. The molecule has 1 aromatic carbocycles. The van der Waals surface area contributed by atoms with Crippen LogP contribution in [-0.2, 0) is 5.60 Å². The van der Waals surface area contributed by atoms with Gasteiger partial charge in [0.1, 0.15) is 0 Å². The summed E-state index contributed by atoms with van der Waals surface area (Å²) in [5, 5.41) is 14.2. The van der Waals surface area contributed by atoms with Gasteiger partial charge in [0.05, 0.1) is 5.60 Å². The first-order valence-electron chi connectivity index (χ1n) is 6.05. The van der Waals surface area contributed by atoms with E-state index in [1.807, 2.05) is 0 Å². The van der Waals surface area contributed by atoms with Crippen molar-refractivity contribution < 1.29 is 5.11 Å². The molecular weight excluding hydrogens is 198 g/mol. The average Bonchev–Trinajstić information content (AvgIpc) is 2.22. The van der Waals surface area contributed by atoms with E-state index in [9.17, 15) is 5.11 Å². The zero-order valence-corrected chi connectivity index (χ0v) is 10.4. The number of benzene rings is 1. The number of aliphatic hydroxyl groups is 1. The van der Waals surface area contributed by atoms with Crippen LogP contribution in [0.25, 0.3) is 0 Å². The number of hydrogen-bond donors (Lipinski definition) is 2. The lowest BCUT2D eigenvalue weighted by atomic mass is 9.76. The predicted octanol–water partition coefficient (Wildman–Crippen LogP) is 2.12. The van der Waals surface area contributed by atoms with Gasteiger partial charge in [-0.15, -0.1) is 0 Å². The molecule has 2 nitrogen and oxygen atoms in total. The second-order valence-electron chi connectivity index (χ2n) is 5.10. The molecule has 1 saturated heterocycles. The molecule has 0 aromatic heterocycles. The average molecular weight is 219 g/mol. The van der Waals surface area contributed by atoms with E-state index in [1.165, 1.54) is 11.1 Å². The van der Waals surface area contributed by atoms with Gasteiger partial charge in [0.25, 0.3) is 0 Å². The van der Waals surface area contributed by atoms with Gasteiger partial charge in [0, 0.05) is 12.5 Å². The minimum absolute atomic E-state index is 0.266. The SMILES string of the molecule is Cc1ccc(C2(O)CCNCC2C)c(C)c1. The number of rotatable bonds is 1. The summed E-state index contributed by atoms with van der Waals surface area (Å²) in [5.41, 5.74) is 2.91. The smallest absolute Gasteiger partial charge is 0.0948 e. The Morgan fingerprint density at radius 1 is 1.38 bits per heavy atom. The molecule has 1 aliphatic rings. The Kier molecular flexibility index (Phi) is 3.04. The fourth-order valence-electron chi connectivity index (χ4n) is 2.71. The molecule has 2 unspecified atom stereocenters. The van der Waals surface area contributed by atoms with E-state index in [2.05, 4.69) is 44.3 Å². The maximum Gasteiger partial charge on any atom is 0.0948 e. The monoisotopic (exact) mass is 219 g/mol. The van der Waals surface area contributed by atoms with Gasteiger partial charge in [-0.2, -0.15) is 0 Å². The molecule has 1 fully saturated rings. The lowest BCUT2D eigenvalue weighted by Gasteiger charge is -2.40. The fourth-order valence-corrected chi connectivity index (χ4v) is 2.71. The van der Waals surface area contributed by atoms with Gasteiger partial charge >= 0.3 is 0 Å². The summed E-state index contributed by atoms with van der Waals surface area (Å²) in [6.45, 7) is 8.09. The van der Waals surface area contributed by atoms with Gasteiger partial charge in [-0.1, -0.05) is 30.7 Å². The summed E-state index contributed by atoms with van der Waals surface area (Å²) in [6.07, 6.45) is 0.804. The largest absolute Gasteiger partial charge is 0.385 e. The van der Waals surface area contributed by atoms with Crippen LogP contribution in [0.5, 0.6) is 0 Å². The summed E-state index contributed by atoms with van der Waals surface area (Å²) in [6, 6.07) is 6.34. The van der Waals surface area contributed by atoms with Gasteiger partial charge in [-0.25, -0.2) is 0 Å². The predicted molar refractivity (Wildman–Crippen MR) is 66.5 cm³/mol. The third-order valence-corrected chi connectivity index (χ3v) is 3.80. The topological polar surface area (TPSA) is 32.3 Å². The van der Waals surface area contributed by atoms with E-state index >= 15 is 0 Å². The summed E-state index contributed by atoms with van der Waals surface area (Å²) in [7, 11) is 0. The molecule has 16 heavy (non-hydrogen) atoms. The van der Waals surface area contributed by atoms with Crippen LogP contribution in [0.4, 0.5) is 0 Å². The molecule has 0 amide bonds. The van der Waals surface area contributed by atoms with Crippen molar-refractivity contribution >= 4 is 0 Å². The first kappa shape index (κ1) is 11.6. The van der Waals surface area contributed by atoms with E-state index < -0.39 is 5.60 Å². The first-order chi connectivity index (χ1) is 7.54. The van der Waals surface area contributed by atoms with Crippen molar-refractivity contribution in [3.05, 3.63) is 34.9 Å². The van der Waals surface area contributed by atoms with Crippen molar-refractivity contribution in [2.75, 3.05) is 13.1 Å². The highest BCUT2D eigenvalue weighted by Crippen LogP contribution is 2.36. The lowest BCUT2D eigenvalue weighted by Crippen LogP contribution is -2.47. The molecule has 0 bridgehead atoms. The van der Waals surface area contributed by atoms with Crippen LogP contribution in [0.1, 0.15) is 30.0 Å². The molecule has 0 saturated carbocycles. The Morgan fingerprint density at radius 3 is 2.75 bits per heavy atom. The minimum Gasteiger partial charge on any atom is -0.385 e. The number of nitrogens with one attached hydrogen (secondary N) is 1. The van der Waals surface area contributed by atoms with Gasteiger partial charge in [0.2, 0.25) is 0 Å². The molecule has 2 N–H and O–H groups in total. The van der Waals surface area contributed by atoms with Crippen molar-refractivity contribution in [2.45, 2.75) is 32.8 Å². The van der Waals surface area contributed by atoms with E-state index in [4.69, 9.17) is 0 Å². The molecule has 2 heteroatoms. The molecule has 1 heterocycles. The molecule has 2 rings (SSSR count). The van der Waals surface area contributed by atoms with E-state index in [0.29, 0.717) is 0 Å². The fraction of sp³-hybridized carbons (Fsp3) is 0.571. The summed E-state index contributed by atoms with van der Waals surface area (Å²) in [4.78, 5) is 0. The zero-order valence-electron chi connectivity index (χ0n) is 10.4. The molecular formula is C14H21NO. The van der Waals surface area contributed by atoms with Gasteiger partial charge in [-0.3, -0.25) is 0 Å². The van der Waals surface area contributed by atoms with Crippen LogP contribution in [0, 0.1) is 19.8 Å². The lowest BCUT2D eigenvalue weighted by molar-refractivity contribution is -0.0397. The Labute approximate surface area is 97.7 Å². The quantitative estimate of drug-likeness (QED) is 0.758. The van der Waals surface area contributed by atoms with E-state index in [0.717, 1.165) is 25.1 Å². The van der Waals surface area contributed by atoms with Crippen molar-refractivity contribution in [2.24, 2.45) is 5.92 Å². The molecule has 1 aromatic rings. The molecule has 2 atom stereocenters. The van der Waals surface area contributed by atoms with E-state index in [1.54, 1.807) is 0 Å². The van der Waals surface area contributed by atoms with Crippen molar-refractivity contribution in [1.82, 2.24) is 5.32 Å². The highest BCUT2D eigenvalue weighted by atomic mass is 16.3. The van der Waals surface area contributed by atoms with Crippen LogP contribution >= 0.6 is 0 Å². The van der Waals surface area contributed by atoms with Crippen LogP contribution < -0.4 is 5.32 Å². The summed E-state index contributed by atoms with van der Waals surface area (Å²) in [5.74, 6) is 0.266. The summed E-state index contributed by atoms with van der Waals surface area (Å²) < 4.78 is 0. The molecule has 88 valence electrons. The van der Waals surface area contributed by atoms with Crippen LogP contribution in [0.2, 0.25) is 0 Å². The third kappa shape index (κ3) is 1.87. The normalized spacial score (nSPS) is 30.4. The standard InChI is InChI=1S/C14H21NO/c1-10-4-5-13(11(2)8-10)14(16)6-7-15-9-12(14)3/h4-5,8,12,15-16H,6-7,9H2,1-3H3. The highest BCUT2D eigenvalue weighted by molar-refractivity contribution is 5.35. The minimum atomic E-state index is -0.650. The Morgan fingerprint density at radius 2 is 2.12 bits per heavy atom. The van der Waals surface area contributed by atoms with Gasteiger partial charge < -0.3 is 10.4 Å². The Bertz CT molecular complexity index is 388. The van der Waals surface area contributed by atoms with Crippen molar-refractivity contribution in [3.8, 4) is 0 Å². The molecule has 0 spiro atoms. The summed E-state index contributed by atoms with van der Waals surface area (Å²) >= 11 is 0. The highest BCUT2D eigenvalue weighted by Gasteiger charge is 2.38. The van der Waals surface area contributed by atoms with Crippen LogP contribution in [-0.4, -0.2) is 18.2 Å². The molecule has 0 aliphatic carbocycles. The maximum atomic E-state index is 10.8. The van der Waals surface area contributed by atoms with Gasteiger partial charge in [-0.05, 0) is 37.9 Å². The second-order valence-corrected chi connectivity index (χ2v) is 5.10. The van der Waals surface area contributed by atoms with Crippen molar-refractivity contribution in [3.63, 3.8) is 0 Å². The van der Waals surface area contributed by atoms with Crippen LogP contribution in [0.3, 0.4) is 0 Å². The first-order valence-corrected chi connectivity index (χ1v) is 6.05. The molecule has 1 aliphatic heterocycles. The Balaban J connectivity index is 2.41. The number of hydrogen-bond acceptors (Lipinski definition) is 2. The molecule has 0 radical (unpaired) electrons. The number of aryl methyl sites for hydroxylation is 2. The number of piperidine rings is 1. The van der Waals surface area contributed by atoms with E-state index in [-0.39, 0.29) is 5.92 Å². The van der Waals surface area contributed by atoms with Crippen LogP contribution in [0.15, 0.2) is 18.2 Å². The van der Waals surface area contributed by atoms with Gasteiger partial charge in [0.15, 0.2) is 0 Å². The van der Waals surface area contributed by atoms with Crippen molar-refractivity contribution in [1.29, 1.82) is 0 Å². The second kappa shape index (κ2) is 4.19.